The summed E-state index contributed by atoms with van der Waals surface area (Å²) in [5, 5.41) is 17.8. The van der Waals surface area contributed by atoms with Gasteiger partial charge in [0.25, 0.3) is 5.91 Å². The number of aliphatic carboxylic acids is 2. The summed E-state index contributed by atoms with van der Waals surface area (Å²) in [5.41, 5.74) is 3.26. The van der Waals surface area contributed by atoms with E-state index in [1.807, 2.05) is 4.90 Å². The maximum absolute atomic E-state index is 13.1. The number of pyridine rings is 1. The van der Waals surface area contributed by atoms with Crippen LogP contribution in [0, 0.1) is 5.92 Å². The van der Waals surface area contributed by atoms with E-state index >= 15 is 0 Å². The first kappa shape index (κ1) is 32.1. The SMILES string of the molecule is CCN1CCc2cc(C(=O)N3CCCC3)c(NCC3CC3)nc2CC1.O=C(O)C(F)(F)F.O=C(O)C(F)(F)F. The molecule has 1 aromatic rings. The summed E-state index contributed by atoms with van der Waals surface area (Å²) in [6.45, 7) is 8.17. The van der Waals surface area contributed by atoms with E-state index in [1.165, 1.54) is 24.1 Å². The van der Waals surface area contributed by atoms with Crippen molar-refractivity contribution in [1.29, 1.82) is 0 Å². The number of nitrogens with zero attached hydrogens (tertiary/aromatic N) is 3. The summed E-state index contributed by atoms with van der Waals surface area (Å²) < 4.78 is 63.5. The van der Waals surface area contributed by atoms with Crippen LogP contribution in [0.15, 0.2) is 6.07 Å². The molecule has 0 unspecified atom stereocenters. The van der Waals surface area contributed by atoms with Gasteiger partial charge in [-0.1, -0.05) is 6.92 Å². The number of halogens is 6. The molecule has 39 heavy (non-hydrogen) atoms. The van der Waals surface area contributed by atoms with Crippen LogP contribution in [0.25, 0.3) is 0 Å². The van der Waals surface area contributed by atoms with Crippen molar-refractivity contribution in [2.45, 2.75) is 57.8 Å². The number of aromatic nitrogens is 1. The molecule has 0 radical (unpaired) electrons. The van der Waals surface area contributed by atoms with Crippen molar-refractivity contribution < 1.29 is 50.9 Å². The molecule has 220 valence electrons. The second-order valence-electron chi connectivity index (χ2n) is 9.35. The van der Waals surface area contributed by atoms with E-state index in [4.69, 9.17) is 24.8 Å². The van der Waals surface area contributed by atoms with Crippen molar-refractivity contribution >= 4 is 23.7 Å². The molecule has 1 aliphatic carbocycles. The average molecular weight is 571 g/mol. The molecule has 1 saturated carbocycles. The Balaban J connectivity index is 0.000000317. The Morgan fingerprint density at radius 3 is 1.92 bits per heavy atom. The van der Waals surface area contributed by atoms with Crippen molar-refractivity contribution in [3.63, 3.8) is 0 Å². The van der Waals surface area contributed by atoms with Crippen molar-refractivity contribution in [3.05, 3.63) is 22.9 Å². The first-order valence-electron chi connectivity index (χ1n) is 12.5. The molecule has 3 aliphatic rings. The summed E-state index contributed by atoms with van der Waals surface area (Å²) in [7, 11) is 0. The van der Waals surface area contributed by atoms with Crippen LogP contribution in [-0.4, -0.2) is 94.5 Å². The first-order chi connectivity index (χ1) is 18.1. The van der Waals surface area contributed by atoms with Crippen LogP contribution in [0.4, 0.5) is 32.2 Å². The van der Waals surface area contributed by atoms with Gasteiger partial charge in [-0.2, -0.15) is 26.3 Å². The van der Waals surface area contributed by atoms with Gasteiger partial charge >= 0.3 is 24.3 Å². The Morgan fingerprint density at radius 2 is 1.46 bits per heavy atom. The van der Waals surface area contributed by atoms with Crippen molar-refractivity contribution in [1.82, 2.24) is 14.8 Å². The number of hydrogen-bond acceptors (Lipinski definition) is 6. The molecule has 4 rings (SSSR count). The largest absolute Gasteiger partial charge is 0.490 e. The summed E-state index contributed by atoms with van der Waals surface area (Å²) in [6, 6.07) is 2.15. The molecule has 3 N–H and O–H groups in total. The maximum atomic E-state index is 13.1. The fraction of sp³-hybridized carbons (Fsp3) is 0.667. The fourth-order valence-electron chi connectivity index (χ4n) is 3.95. The van der Waals surface area contributed by atoms with Gasteiger partial charge in [0.1, 0.15) is 5.82 Å². The van der Waals surface area contributed by atoms with Gasteiger partial charge in [-0.15, -0.1) is 0 Å². The highest BCUT2D eigenvalue weighted by Gasteiger charge is 2.39. The molecule has 0 aromatic carbocycles. The molecular weight excluding hydrogens is 538 g/mol. The van der Waals surface area contributed by atoms with Crippen LogP contribution in [0.5, 0.6) is 0 Å². The van der Waals surface area contributed by atoms with Crippen molar-refractivity contribution in [2.75, 3.05) is 44.6 Å². The number of rotatable bonds is 5. The van der Waals surface area contributed by atoms with Gasteiger partial charge in [0.15, 0.2) is 0 Å². The van der Waals surface area contributed by atoms with E-state index in [1.54, 1.807) is 0 Å². The third-order valence-electron chi connectivity index (χ3n) is 6.36. The van der Waals surface area contributed by atoms with Gasteiger partial charge < -0.3 is 25.3 Å². The predicted octanol–water partition coefficient (Wildman–Crippen LogP) is 3.83. The van der Waals surface area contributed by atoms with Crippen molar-refractivity contribution in [3.8, 4) is 0 Å². The predicted molar refractivity (Wildman–Crippen MR) is 127 cm³/mol. The van der Waals surface area contributed by atoms with Gasteiger partial charge in [-0.3, -0.25) is 4.79 Å². The second-order valence-corrected chi connectivity index (χ2v) is 9.35. The summed E-state index contributed by atoms with van der Waals surface area (Å²) in [5.74, 6) is -3.75. The lowest BCUT2D eigenvalue weighted by molar-refractivity contribution is -0.193. The van der Waals surface area contributed by atoms with Crippen molar-refractivity contribution in [2.24, 2.45) is 5.92 Å². The van der Waals surface area contributed by atoms with E-state index in [-0.39, 0.29) is 5.91 Å². The van der Waals surface area contributed by atoms with E-state index < -0.39 is 24.3 Å². The molecule has 1 amide bonds. The minimum atomic E-state index is -5.08. The van der Waals surface area contributed by atoms with Crippen LogP contribution in [0.3, 0.4) is 0 Å². The molecule has 15 heteroatoms. The molecule has 2 aliphatic heterocycles. The number of likely N-dealkylation sites (N-methyl/N-ethyl adjacent to an activating group) is 1. The van der Waals surface area contributed by atoms with Gasteiger partial charge in [-0.25, -0.2) is 14.6 Å². The van der Waals surface area contributed by atoms with E-state index in [2.05, 4.69) is 23.2 Å². The minimum absolute atomic E-state index is 0.169. The van der Waals surface area contributed by atoms with Gasteiger partial charge in [-0.05, 0) is 56.2 Å². The molecule has 1 saturated heterocycles. The Morgan fingerprint density at radius 1 is 0.949 bits per heavy atom. The van der Waals surface area contributed by atoms with Crippen LogP contribution in [0.1, 0.15) is 54.2 Å². The number of alkyl halides is 6. The van der Waals surface area contributed by atoms with Gasteiger partial charge in [0.05, 0.1) is 5.56 Å². The van der Waals surface area contributed by atoms with Crippen LogP contribution in [0.2, 0.25) is 0 Å². The number of hydrogen-bond donors (Lipinski definition) is 3. The normalized spacial score (nSPS) is 17.6. The monoisotopic (exact) mass is 570 g/mol. The standard InChI is InChI=1S/C20H30N4O.2C2HF3O2/c1-2-23-11-7-16-13-17(20(25)24-9-3-4-10-24)19(21-14-15-5-6-15)22-18(16)8-12-23;2*3-2(4,5)1(6)7/h13,15H,2-12,14H2,1H3,(H,21,22);2*(H,6,7). The highest BCUT2D eigenvalue weighted by molar-refractivity contribution is 5.99. The summed E-state index contributed by atoms with van der Waals surface area (Å²) in [6.07, 6.45) is -3.32. The van der Waals surface area contributed by atoms with Crippen LogP contribution < -0.4 is 5.32 Å². The number of carboxylic acids is 2. The van der Waals surface area contributed by atoms with E-state index in [0.29, 0.717) is 0 Å². The third kappa shape index (κ3) is 10.5. The number of anilines is 1. The Kier molecular flexibility index (Phi) is 11.4. The molecule has 0 atom stereocenters. The number of likely N-dealkylation sites (tertiary alicyclic amines) is 1. The lowest BCUT2D eigenvalue weighted by Gasteiger charge is -2.20. The first-order valence-corrected chi connectivity index (χ1v) is 12.5. The topological polar surface area (TPSA) is 123 Å². The molecule has 1 aromatic heterocycles. The van der Waals surface area contributed by atoms with Gasteiger partial charge in [0, 0.05) is 44.8 Å². The molecular formula is C24H32F6N4O5. The lowest BCUT2D eigenvalue weighted by Crippen LogP contribution is -2.29. The number of carbonyl (C=O) groups excluding carboxylic acids is 1. The molecule has 2 fully saturated rings. The highest BCUT2D eigenvalue weighted by Crippen LogP contribution is 2.30. The second kappa shape index (κ2) is 13.8. The summed E-state index contributed by atoms with van der Waals surface area (Å²) in [4.78, 5) is 40.3. The Bertz CT molecular complexity index is 984. The van der Waals surface area contributed by atoms with Crippen LogP contribution in [-0.2, 0) is 22.4 Å². The average Bonchev–Trinajstić information content (AvgIpc) is 3.57. The number of amides is 1. The quantitative estimate of drug-likeness (QED) is 0.457. The molecule has 0 spiro atoms. The smallest absolute Gasteiger partial charge is 0.475 e. The molecule has 3 heterocycles. The lowest BCUT2D eigenvalue weighted by atomic mass is 10.0. The molecule has 9 nitrogen and oxygen atoms in total. The third-order valence-corrected chi connectivity index (χ3v) is 6.36. The number of carboxylic acid groups (broad SMARTS) is 2. The number of fused-ring (bicyclic) bond motifs is 1. The molecule has 0 bridgehead atoms. The minimum Gasteiger partial charge on any atom is -0.475 e. The highest BCUT2D eigenvalue weighted by atomic mass is 19.4. The maximum Gasteiger partial charge on any atom is 0.490 e. The zero-order valence-electron chi connectivity index (χ0n) is 21.4. The summed E-state index contributed by atoms with van der Waals surface area (Å²) >= 11 is 0. The Labute approximate surface area is 221 Å². The zero-order chi connectivity index (χ0) is 29.4. The fourth-order valence-corrected chi connectivity index (χ4v) is 3.95. The number of carbonyl (C=O) groups is 3. The van der Waals surface area contributed by atoms with Crippen LogP contribution >= 0.6 is 0 Å². The van der Waals surface area contributed by atoms with E-state index in [9.17, 15) is 31.1 Å². The Hall–Kier alpha value is -3.10. The van der Waals surface area contributed by atoms with E-state index in [0.717, 1.165) is 82.3 Å². The van der Waals surface area contributed by atoms with Gasteiger partial charge in [0.2, 0.25) is 0 Å². The number of nitrogens with one attached hydrogen (secondary N) is 1. The zero-order valence-corrected chi connectivity index (χ0v) is 21.4.